The minimum atomic E-state index is -0.516. The smallest absolute Gasteiger partial charge is 0.250 e. The molecule has 0 atom stereocenters. The highest BCUT2D eigenvalue weighted by atomic mass is 35.5. The van der Waals surface area contributed by atoms with Gasteiger partial charge in [0, 0.05) is 22.6 Å². The Morgan fingerprint density at radius 3 is 2.63 bits per heavy atom. The summed E-state index contributed by atoms with van der Waals surface area (Å²) < 4.78 is 19.4. The maximum Gasteiger partial charge on any atom is 0.250 e. The van der Waals surface area contributed by atoms with Crippen LogP contribution >= 0.6 is 23.2 Å². The second-order valence-corrected chi connectivity index (χ2v) is 7.26. The third-order valence-electron chi connectivity index (χ3n) is 4.15. The number of hydrogen-bond donors (Lipinski definition) is 1. The predicted molar refractivity (Wildman–Crippen MR) is 117 cm³/mol. The number of carbonyl (C=O) groups excluding carboxylic acids is 1. The van der Waals surface area contributed by atoms with E-state index in [1.165, 1.54) is 24.5 Å². The Kier molecular flexibility index (Phi) is 7.03. The number of halogens is 3. The van der Waals surface area contributed by atoms with Gasteiger partial charge in [-0.05, 0) is 36.8 Å². The first-order chi connectivity index (χ1) is 14.3. The summed E-state index contributed by atoms with van der Waals surface area (Å²) in [5.74, 6) is 0.266. The summed E-state index contributed by atoms with van der Waals surface area (Å²) >= 11 is 12.1. The van der Waals surface area contributed by atoms with E-state index in [9.17, 15) is 9.18 Å². The minimum absolute atomic E-state index is 0.00656. The molecule has 1 N–H and O–H groups in total. The van der Waals surface area contributed by atoms with Crippen molar-refractivity contribution in [3.8, 4) is 17.1 Å². The fraction of sp³-hybridized carbons (Fsp3) is 0.136. The standard InChI is InChI=1S/C22H18Cl2FN3O2/c1-13(2)22(29)28-15-11-26-21(27-12-15)14-4-3-5-16(10-14)30-9-8-17-18(23)6-7-19(25)20(17)24/h3-7,10-12H,1,8-9H2,2H3,(H,28,29). The number of nitrogens with zero attached hydrogens (tertiary/aromatic N) is 2. The fourth-order valence-electron chi connectivity index (χ4n) is 2.57. The van der Waals surface area contributed by atoms with E-state index in [0.29, 0.717) is 39.8 Å². The Morgan fingerprint density at radius 1 is 1.20 bits per heavy atom. The van der Waals surface area contributed by atoms with Crippen molar-refractivity contribution in [2.75, 3.05) is 11.9 Å². The van der Waals surface area contributed by atoms with Crippen molar-refractivity contribution in [2.45, 2.75) is 13.3 Å². The van der Waals surface area contributed by atoms with Crippen molar-refractivity contribution in [3.63, 3.8) is 0 Å². The van der Waals surface area contributed by atoms with Crippen LogP contribution in [0.5, 0.6) is 5.75 Å². The summed E-state index contributed by atoms with van der Waals surface area (Å²) in [6.07, 6.45) is 3.39. The average molecular weight is 446 g/mol. The van der Waals surface area contributed by atoms with Crippen LogP contribution in [0.25, 0.3) is 11.4 Å². The number of anilines is 1. The van der Waals surface area contributed by atoms with Crippen molar-refractivity contribution in [2.24, 2.45) is 0 Å². The molecule has 0 aliphatic rings. The molecular formula is C22H18Cl2FN3O2. The number of benzene rings is 2. The first-order valence-electron chi connectivity index (χ1n) is 8.99. The molecule has 8 heteroatoms. The van der Waals surface area contributed by atoms with Gasteiger partial charge >= 0.3 is 0 Å². The van der Waals surface area contributed by atoms with Crippen LogP contribution in [-0.2, 0) is 11.2 Å². The summed E-state index contributed by atoms with van der Waals surface area (Å²) in [5.41, 5.74) is 2.12. The van der Waals surface area contributed by atoms with Gasteiger partial charge in [-0.3, -0.25) is 4.79 Å². The Labute approximate surface area is 183 Å². The van der Waals surface area contributed by atoms with Crippen molar-refractivity contribution in [3.05, 3.63) is 82.4 Å². The van der Waals surface area contributed by atoms with Crippen molar-refractivity contribution in [1.82, 2.24) is 9.97 Å². The zero-order chi connectivity index (χ0) is 21.7. The zero-order valence-electron chi connectivity index (χ0n) is 16.1. The number of carbonyl (C=O) groups is 1. The van der Waals surface area contributed by atoms with Crippen LogP contribution in [0.3, 0.4) is 0 Å². The van der Waals surface area contributed by atoms with Crippen LogP contribution < -0.4 is 10.1 Å². The summed E-state index contributed by atoms with van der Waals surface area (Å²) in [6, 6.07) is 9.93. The molecule has 5 nitrogen and oxygen atoms in total. The SMILES string of the molecule is C=C(C)C(=O)Nc1cnc(-c2cccc(OCCc3c(Cl)ccc(F)c3Cl)c2)nc1. The van der Waals surface area contributed by atoms with E-state index in [1.807, 2.05) is 12.1 Å². The van der Waals surface area contributed by atoms with Gasteiger partial charge < -0.3 is 10.1 Å². The molecule has 154 valence electrons. The molecule has 0 spiro atoms. The second kappa shape index (κ2) is 9.69. The summed E-state index contributed by atoms with van der Waals surface area (Å²) in [4.78, 5) is 20.2. The molecule has 1 heterocycles. The molecule has 0 bridgehead atoms. The lowest BCUT2D eigenvalue weighted by Gasteiger charge is -2.10. The molecule has 0 unspecified atom stereocenters. The van der Waals surface area contributed by atoms with Gasteiger partial charge in [0.25, 0.3) is 5.91 Å². The lowest BCUT2D eigenvalue weighted by molar-refractivity contribution is -0.112. The number of aromatic nitrogens is 2. The van der Waals surface area contributed by atoms with Gasteiger partial charge in [0.15, 0.2) is 5.82 Å². The van der Waals surface area contributed by atoms with E-state index in [0.717, 1.165) is 5.56 Å². The lowest BCUT2D eigenvalue weighted by Crippen LogP contribution is -2.12. The largest absolute Gasteiger partial charge is 0.493 e. The molecule has 0 radical (unpaired) electrons. The van der Waals surface area contributed by atoms with E-state index in [4.69, 9.17) is 27.9 Å². The van der Waals surface area contributed by atoms with Crippen LogP contribution in [-0.4, -0.2) is 22.5 Å². The number of hydrogen-bond acceptors (Lipinski definition) is 4. The molecule has 0 fully saturated rings. The quantitative estimate of drug-likeness (QED) is 0.372. The van der Waals surface area contributed by atoms with Gasteiger partial charge in [-0.25, -0.2) is 14.4 Å². The molecule has 0 saturated carbocycles. The van der Waals surface area contributed by atoms with Gasteiger partial charge in [-0.1, -0.05) is 41.9 Å². The Bertz CT molecular complexity index is 1090. The zero-order valence-corrected chi connectivity index (χ0v) is 17.6. The number of nitrogens with one attached hydrogen (secondary N) is 1. The Hall–Kier alpha value is -2.96. The fourth-order valence-corrected chi connectivity index (χ4v) is 3.13. The third-order valence-corrected chi connectivity index (χ3v) is 4.91. The van der Waals surface area contributed by atoms with Crippen molar-refractivity contribution < 1.29 is 13.9 Å². The van der Waals surface area contributed by atoms with E-state index >= 15 is 0 Å². The Balaban J connectivity index is 1.66. The van der Waals surface area contributed by atoms with Gasteiger partial charge in [0.2, 0.25) is 0 Å². The van der Waals surface area contributed by atoms with E-state index in [1.54, 1.807) is 19.1 Å². The van der Waals surface area contributed by atoms with Crippen LogP contribution in [0.15, 0.2) is 60.9 Å². The molecule has 2 aromatic carbocycles. The van der Waals surface area contributed by atoms with Crippen molar-refractivity contribution in [1.29, 1.82) is 0 Å². The predicted octanol–water partition coefficient (Wildman–Crippen LogP) is 5.73. The number of rotatable bonds is 7. The summed E-state index contributed by atoms with van der Waals surface area (Å²) in [5, 5.41) is 3.05. The maximum absolute atomic E-state index is 13.6. The highest BCUT2D eigenvalue weighted by Gasteiger charge is 2.11. The normalized spacial score (nSPS) is 10.5. The minimum Gasteiger partial charge on any atom is -0.493 e. The lowest BCUT2D eigenvalue weighted by atomic mass is 10.1. The highest BCUT2D eigenvalue weighted by molar-refractivity contribution is 6.36. The number of ether oxygens (including phenoxy) is 1. The molecule has 1 aromatic heterocycles. The molecule has 3 rings (SSSR count). The maximum atomic E-state index is 13.6. The molecule has 1 amide bonds. The van der Waals surface area contributed by atoms with Gasteiger partial charge in [-0.15, -0.1) is 0 Å². The van der Waals surface area contributed by atoms with Gasteiger partial charge in [0.1, 0.15) is 11.6 Å². The van der Waals surface area contributed by atoms with Crippen LogP contribution in [0.1, 0.15) is 12.5 Å². The first-order valence-corrected chi connectivity index (χ1v) is 9.75. The topological polar surface area (TPSA) is 64.1 Å². The molecule has 0 aliphatic carbocycles. The van der Waals surface area contributed by atoms with E-state index in [2.05, 4.69) is 21.9 Å². The third kappa shape index (κ3) is 5.34. The van der Waals surface area contributed by atoms with Crippen LogP contribution in [0.2, 0.25) is 10.0 Å². The van der Waals surface area contributed by atoms with Crippen LogP contribution in [0, 0.1) is 5.82 Å². The number of amides is 1. The second-order valence-electron chi connectivity index (χ2n) is 6.48. The van der Waals surface area contributed by atoms with Gasteiger partial charge in [0.05, 0.1) is 29.7 Å². The highest BCUT2D eigenvalue weighted by Crippen LogP contribution is 2.28. The molecule has 3 aromatic rings. The molecule has 30 heavy (non-hydrogen) atoms. The molecular weight excluding hydrogens is 428 g/mol. The molecule has 0 saturated heterocycles. The summed E-state index contributed by atoms with van der Waals surface area (Å²) in [6.45, 7) is 5.46. The van der Waals surface area contributed by atoms with Crippen molar-refractivity contribution >= 4 is 34.8 Å². The first kappa shape index (κ1) is 21.7. The van der Waals surface area contributed by atoms with Gasteiger partial charge in [-0.2, -0.15) is 0 Å². The van der Waals surface area contributed by atoms with E-state index in [-0.39, 0.29) is 17.5 Å². The summed E-state index contributed by atoms with van der Waals surface area (Å²) in [7, 11) is 0. The monoisotopic (exact) mass is 445 g/mol. The van der Waals surface area contributed by atoms with E-state index < -0.39 is 5.82 Å². The van der Waals surface area contributed by atoms with Crippen LogP contribution in [0.4, 0.5) is 10.1 Å². The average Bonchev–Trinajstić information content (AvgIpc) is 2.74. The molecule has 0 aliphatic heterocycles. The Morgan fingerprint density at radius 2 is 1.93 bits per heavy atom.